The summed E-state index contributed by atoms with van der Waals surface area (Å²) in [6.07, 6.45) is 1.83. The van der Waals surface area contributed by atoms with Gasteiger partial charge in [-0.3, -0.25) is 9.78 Å². The van der Waals surface area contributed by atoms with Crippen LogP contribution in [0.5, 0.6) is 0 Å². The second-order valence-corrected chi connectivity index (χ2v) is 5.38. The molecular weight excluding hydrogens is 256 g/mol. The van der Waals surface area contributed by atoms with E-state index in [-0.39, 0.29) is 12.2 Å². The molecule has 0 radical (unpaired) electrons. The second-order valence-electron chi connectivity index (χ2n) is 3.68. The van der Waals surface area contributed by atoms with Crippen LogP contribution in [-0.2, 0) is 6.42 Å². The van der Waals surface area contributed by atoms with Gasteiger partial charge in [0.1, 0.15) is 10.7 Å². The highest BCUT2D eigenvalue weighted by molar-refractivity contribution is 7.11. The molecule has 0 fully saturated rings. The first kappa shape index (κ1) is 12.2. The van der Waals surface area contributed by atoms with Crippen molar-refractivity contribution in [1.82, 2.24) is 9.97 Å². The summed E-state index contributed by atoms with van der Waals surface area (Å²) in [6, 6.07) is 3.37. The van der Waals surface area contributed by atoms with Crippen molar-refractivity contribution in [3.8, 4) is 0 Å². The molecule has 0 aliphatic carbocycles. The Morgan fingerprint density at radius 3 is 2.82 bits per heavy atom. The average Bonchev–Trinajstić information content (AvgIpc) is 2.58. The van der Waals surface area contributed by atoms with Crippen molar-refractivity contribution in [2.75, 3.05) is 0 Å². The van der Waals surface area contributed by atoms with Crippen LogP contribution in [0.3, 0.4) is 0 Å². The van der Waals surface area contributed by atoms with E-state index in [2.05, 4.69) is 9.97 Å². The van der Waals surface area contributed by atoms with Crippen LogP contribution in [0, 0.1) is 13.8 Å². The van der Waals surface area contributed by atoms with Gasteiger partial charge in [-0.1, -0.05) is 11.6 Å². The van der Waals surface area contributed by atoms with Gasteiger partial charge in [0.25, 0.3) is 0 Å². The van der Waals surface area contributed by atoms with Gasteiger partial charge in [0.2, 0.25) is 0 Å². The fourth-order valence-corrected chi connectivity index (χ4v) is 2.59. The molecule has 2 aromatic heterocycles. The van der Waals surface area contributed by atoms with Gasteiger partial charge in [-0.2, -0.15) is 0 Å². The minimum atomic E-state index is -0.0932. The number of halogens is 1. The predicted molar refractivity (Wildman–Crippen MR) is 68.9 cm³/mol. The number of rotatable bonds is 3. The van der Waals surface area contributed by atoms with Crippen LogP contribution in [-0.4, -0.2) is 15.8 Å². The van der Waals surface area contributed by atoms with Gasteiger partial charge in [0.05, 0.1) is 17.1 Å². The number of carbonyl (C=O) groups excluding carboxylic acids is 1. The Balaban J connectivity index is 2.20. The Morgan fingerprint density at radius 2 is 2.24 bits per heavy atom. The van der Waals surface area contributed by atoms with Crippen molar-refractivity contribution in [2.24, 2.45) is 0 Å². The number of hydrogen-bond acceptors (Lipinski definition) is 4. The SMILES string of the molecule is Cc1nc(CC(=O)c2ncccc2Cl)sc1C. The lowest BCUT2D eigenvalue weighted by Crippen LogP contribution is -2.06. The molecule has 0 saturated carbocycles. The molecule has 2 rings (SSSR count). The first-order valence-electron chi connectivity index (χ1n) is 5.14. The molecule has 0 bridgehead atoms. The average molecular weight is 267 g/mol. The topological polar surface area (TPSA) is 42.9 Å². The molecule has 0 spiro atoms. The zero-order chi connectivity index (χ0) is 12.4. The summed E-state index contributed by atoms with van der Waals surface area (Å²) >= 11 is 7.46. The van der Waals surface area contributed by atoms with Crippen molar-refractivity contribution >= 4 is 28.7 Å². The van der Waals surface area contributed by atoms with Crippen LogP contribution in [0.15, 0.2) is 18.3 Å². The number of aryl methyl sites for hydroxylation is 2. The van der Waals surface area contributed by atoms with Crippen LogP contribution < -0.4 is 0 Å². The van der Waals surface area contributed by atoms with Gasteiger partial charge in [-0.25, -0.2) is 4.98 Å². The van der Waals surface area contributed by atoms with Crippen LogP contribution in [0.2, 0.25) is 5.02 Å². The lowest BCUT2D eigenvalue weighted by atomic mass is 10.2. The summed E-state index contributed by atoms with van der Waals surface area (Å²) in [7, 11) is 0. The molecule has 3 nitrogen and oxygen atoms in total. The number of carbonyl (C=O) groups is 1. The van der Waals surface area contributed by atoms with Gasteiger partial charge in [0.15, 0.2) is 5.78 Å². The van der Waals surface area contributed by atoms with E-state index in [4.69, 9.17) is 11.6 Å². The smallest absolute Gasteiger partial charge is 0.189 e. The first-order valence-corrected chi connectivity index (χ1v) is 6.34. The molecule has 17 heavy (non-hydrogen) atoms. The molecule has 0 N–H and O–H groups in total. The maximum atomic E-state index is 12.0. The summed E-state index contributed by atoms with van der Waals surface area (Å²) in [6.45, 7) is 3.93. The zero-order valence-corrected chi connectivity index (χ0v) is 11.1. The molecule has 2 aromatic rings. The van der Waals surface area contributed by atoms with Crippen molar-refractivity contribution in [2.45, 2.75) is 20.3 Å². The molecule has 0 saturated heterocycles. The zero-order valence-electron chi connectivity index (χ0n) is 9.53. The minimum Gasteiger partial charge on any atom is -0.292 e. The fourth-order valence-electron chi connectivity index (χ4n) is 1.43. The predicted octanol–water partition coefficient (Wildman–Crippen LogP) is 3.23. The van der Waals surface area contributed by atoms with Crippen molar-refractivity contribution in [3.63, 3.8) is 0 Å². The third-order valence-electron chi connectivity index (χ3n) is 2.41. The highest BCUT2D eigenvalue weighted by Crippen LogP contribution is 2.20. The lowest BCUT2D eigenvalue weighted by Gasteiger charge is -1.99. The lowest BCUT2D eigenvalue weighted by molar-refractivity contribution is 0.0988. The van der Waals surface area contributed by atoms with Gasteiger partial charge in [0, 0.05) is 11.1 Å². The standard InChI is InChI=1S/C12H11ClN2OS/c1-7-8(2)17-11(15-7)6-10(16)12-9(13)4-3-5-14-12/h3-5H,6H2,1-2H3. The Labute approximate surface area is 108 Å². The van der Waals surface area contributed by atoms with E-state index in [1.807, 2.05) is 13.8 Å². The number of Topliss-reactive ketones (excluding diaryl/α,β-unsaturated/α-hetero) is 1. The maximum absolute atomic E-state index is 12.0. The molecule has 0 unspecified atom stereocenters. The van der Waals surface area contributed by atoms with Crippen molar-refractivity contribution < 1.29 is 4.79 Å². The van der Waals surface area contributed by atoms with E-state index in [0.717, 1.165) is 15.6 Å². The largest absolute Gasteiger partial charge is 0.292 e. The number of nitrogens with zero attached hydrogens (tertiary/aromatic N) is 2. The first-order chi connectivity index (χ1) is 8.08. The molecule has 5 heteroatoms. The number of pyridine rings is 1. The Bertz CT molecular complexity index is 546. The van der Waals surface area contributed by atoms with Crippen LogP contribution in [0.4, 0.5) is 0 Å². The highest BCUT2D eigenvalue weighted by Gasteiger charge is 2.14. The number of ketones is 1. The maximum Gasteiger partial charge on any atom is 0.189 e. The summed E-state index contributed by atoms with van der Waals surface area (Å²) in [5.41, 5.74) is 1.30. The fraction of sp³-hybridized carbons (Fsp3) is 0.250. The Kier molecular flexibility index (Phi) is 3.54. The summed E-state index contributed by atoms with van der Waals surface area (Å²) in [4.78, 5) is 21.4. The van der Waals surface area contributed by atoms with E-state index in [1.54, 1.807) is 29.7 Å². The van der Waals surface area contributed by atoms with Crippen molar-refractivity contribution in [3.05, 3.63) is 44.6 Å². The summed E-state index contributed by atoms with van der Waals surface area (Å²) < 4.78 is 0. The monoisotopic (exact) mass is 266 g/mol. The molecule has 0 atom stereocenters. The number of hydrogen-bond donors (Lipinski definition) is 0. The van der Waals surface area contributed by atoms with E-state index >= 15 is 0 Å². The molecule has 0 amide bonds. The molecule has 2 heterocycles. The third-order valence-corrected chi connectivity index (χ3v) is 3.79. The summed E-state index contributed by atoms with van der Waals surface area (Å²) in [5, 5.41) is 1.20. The second kappa shape index (κ2) is 4.94. The molecule has 0 aliphatic rings. The Hall–Kier alpha value is -1.26. The van der Waals surface area contributed by atoms with Gasteiger partial charge < -0.3 is 0 Å². The summed E-state index contributed by atoms with van der Waals surface area (Å²) in [5.74, 6) is -0.0932. The quantitative estimate of drug-likeness (QED) is 0.801. The minimum absolute atomic E-state index is 0.0932. The van der Waals surface area contributed by atoms with E-state index < -0.39 is 0 Å². The Morgan fingerprint density at radius 1 is 1.47 bits per heavy atom. The highest BCUT2D eigenvalue weighted by atomic mass is 35.5. The molecule has 0 aromatic carbocycles. The van der Waals surface area contributed by atoms with Gasteiger partial charge >= 0.3 is 0 Å². The van der Waals surface area contributed by atoms with Crippen LogP contribution >= 0.6 is 22.9 Å². The molecule has 0 aliphatic heterocycles. The number of thiazole rings is 1. The van der Waals surface area contributed by atoms with Gasteiger partial charge in [-0.15, -0.1) is 11.3 Å². The van der Waals surface area contributed by atoms with Crippen molar-refractivity contribution in [1.29, 1.82) is 0 Å². The van der Waals surface area contributed by atoms with Crippen LogP contribution in [0.1, 0.15) is 26.1 Å². The molecular formula is C12H11ClN2OS. The third kappa shape index (κ3) is 2.70. The molecule has 88 valence electrons. The van der Waals surface area contributed by atoms with Crippen LogP contribution in [0.25, 0.3) is 0 Å². The van der Waals surface area contributed by atoms with E-state index in [0.29, 0.717) is 10.7 Å². The van der Waals surface area contributed by atoms with E-state index in [9.17, 15) is 4.79 Å². The normalized spacial score (nSPS) is 10.5. The van der Waals surface area contributed by atoms with E-state index in [1.165, 1.54) is 0 Å². The van der Waals surface area contributed by atoms with Gasteiger partial charge in [-0.05, 0) is 26.0 Å². The number of aromatic nitrogens is 2.